The molecule has 1 fully saturated rings. The lowest BCUT2D eigenvalue weighted by Gasteiger charge is -2.32. The van der Waals surface area contributed by atoms with Crippen LogP contribution in [0.5, 0.6) is 0 Å². The van der Waals surface area contributed by atoms with Crippen LogP contribution in [0, 0.1) is 5.92 Å². The maximum atomic E-state index is 11.8. The summed E-state index contributed by atoms with van der Waals surface area (Å²) in [7, 11) is 0. The largest absolute Gasteiger partial charge is 0.467 e. The standard InChI is InChI=1S/C16H25BrN2O3/c1-15(2,3)22-14(20)18-10-16(4,11-5-6-11)19-9-13-12(17)7-8-21-13/h7-8,11,19H,5-6,9-10H2,1-4H3,(H,18,20). The van der Waals surface area contributed by atoms with Crippen LogP contribution in [0.3, 0.4) is 0 Å². The van der Waals surface area contributed by atoms with Crippen LogP contribution in [-0.2, 0) is 11.3 Å². The first-order chi connectivity index (χ1) is 10.2. The van der Waals surface area contributed by atoms with Gasteiger partial charge in [-0.15, -0.1) is 0 Å². The first-order valence-corrected chi connectivity index (χ1v) is 8.43. The summed E-state index contributed by atoms with van der Waals surface area (Å²) in [6.07, 6.45) is 3.65. The lowest BCUT2D eigenvalue weighted by molar-refractivity contribution is 0.0507. The van der Waals surface area contributed by atoms with E-state index in [1.54, 1.807) is 6.26 Å². The van der Waals surface area contributed by atoms with E-state index in [0.29, 0.717) is 19.0 Å². The van der Waals surface area contributed by atoms with Crippen molar-refractivity contribution in [2.75, 3.05) is 6.54 Å². The highest BCUT2D eigenvalue weighted by molar-refractivity contribution is 9.10. The van der Waals surface area contributed by atoms with Crippen molar-refractivity contribution in [2.45, 2.75) is 58.2 Å². The number of ether oxygens (including phenoxy) is 1. The number of furan rings is 1. The average Bonchev–Trinajstić information content (AvgIpc) is 3.17. The molecule has 1 aromatic rings. The molecule has 0 spiro atoms. The molecule has 2 N–H and O–H groups in total. The van der Waals surface area contributed by atoms with Crippen molar-refractivity contribution in [1.82, 2.24) is 10.6 Å². The lowest BCUT2D eigenvalue weighted by atomic mass is 9.95. The van der Waals surface area contributed by atoms with Crippen LogP contribution in [0.15, 0.2) is 21.2 Å². The Morgan fingerprint density at radius 3 is 2.59 bits per heavy atom. The molecule has 0 saturated heterocycles. The monoisotopic (exact) mass is 372 g/mol. The molecule has 5 nitrogen and oxygen atoms in total. The third-order valence-corrected chi connectivity index (χ3v) is 4.53. The highest BCUT2D eigenvalue weighted by Crippen LogP contribution is 2.39. The van der Waals surface area contributed by atoms with Gasteiger partial charge in [-0.1, -0.05) is 0 Å². The molecule has 1 atom stereocenters. The molecule has 1 heterocycles. The molecule has 1 aliphatic carbocycles. The van der Waals surface area contributed by atoms with Gasteiger partial charge in [0.25, 0.3) is 0 Å². The summed E-state index contributed by atoms with van der Waals surface area (Å²) in [5.41, 5.74) is -0.643. The normalized spacial score (nSPS) is 17.9. The summed E-state index contributed by atoms with van der Waals surface area (Å²) < 4.78 is 11.7. The van der Waals surface area contributed by atoms with E-state index < -0.39 is 5.60 Å². The Morgan fingerprint density at radius 2 is 2.09 bits per heavy atom. The zero-order valence-corrected chi connectivity index (χ0v) is 15.2. The number of nitrogens with one attached hydrogen (secondary N) is 2. The third kappa shape index (κ3) is 5.02. The van der Waals surface area contributed by atoms with Gasteiger partial charge in [-0.2, -0.15) is 0 Å². The molecule has 0 aromatic carbocycles. The van der Waals surface area contributed by atoms with Crippen molar-refractivity contribution in [3.8, 4) is 0 Å². The predicted molar refractivity (Wildman–Crippen MR) is 88.6 cm³/mol. The maximum Gasteiger partial charge on any atom is 0.407 e. The molecule has 1 unspecified atom stereocenters. The van der Waals surface area contributed by atoms with Crippen molar-refractivity contribution in [3.05, 3.63) is 22.6 Å². The van der Waals surface area contributed by atoms with Gasteiger partial charge in [0, 0.05) is 12.1 Å². The summed E-state index contributed by atoms with van der Waals surface area (Å²) in [5.74, 6) is 1.43. The number of alkyl carbamates (subject to hydrolysis) is 1. The SMILES string of the molecule is CC(C)(C)OC(=O)NCC(C)(NCc1occc1Br)C1CC1. The van der Waals surface area contributed by atoms with Crippen molar-refractivity contribution < 1.29 is 13.9 Å². The van der Waals surface area contributed by atoms with Gasteiger partial charge >= 0.3 is 6.09 Å². The molecule has 22 heavy (non-hydrogen) atoms. The molecule has 124 valence electrons. The molecule has 1 amide bonds. The fraction of sp³-hybridized carbons (Fsp3) is 0.688. The Hall–Kier alpha value is -1.01. The van der Waals surface area contributed by atoms with Gasteiger partial charge in [0.05, 0.1) is 17.3 Å². The van der Waals surface area contributed by atoms with E-state index >= 15 is 0 Å². The van der Waals surface area contributed by atoms with Crippen LogP contribution in [0.4, 0.5) is 4.79 Å². The fourth-order valence-corrected chi connectivity index (χ4v) is 2.72. The second kappa shape index (κ2) is 6.62. The number of carbonyl (C=O) groups is 1. The molecule has 1 aliphatic rings. The summed E-state index contributed by atoms with van der Waals surface area (Å²) in [6, 6.07) is 1.88. The summed E-state index contributed by atoms with van der Waals surface area (Å²) >= 11 is 3.46. The third-order valence-electron chi connectivity index (χ3n) is 3.82. The second-order valence-electron chi connectivity index (χ2n) is 7.09. The Morgan fingerprint density at radius 1 is 1.41 bits per heavy atom. The van der Waals surface area contributed by atoms with Crippen LogP contribution in [0.25, 0.3) is 0 Å². The highest BCUT2D eigenvalue weighted by Gasteiger charge is 2.41. The van der Waals surface area contributed by atoms with Crippen molar-refractivity contribution >= 4 is 22.0 Å². The van der Waals surface area contributed by atoms with Crippen molar-refractivity contribution in [1.29, 1.82) is 0 Å². The lowest BCUT2D eigenvalue weighted by Crippen LogP contribution is -2.53. The van der Waals surface area contributed by atoms with Gasteiger partial charge in [0.2, 0.25) is 0 Å². The van der Waals surface area contributed by atoms with Crippen LogP contribution < -0.4 is 10.6 Å². The molecule has 1 aromatic heterocycles. The topological polar surface area (TPSA) is 63.5 Å². The Balaban J connectivity index is 1.88. The Labute approximate surface area is 140 Å². The molecule has 0 radical (unpaired) electrons. The minimum Gasteiger partial charge on any atom is -0.467 e. The van der Waals surface area contributed by atoms with E-state index in [-0.39, 0.29) is 11.6 Å². The van der Waals surface area contributed by atoms with E-state index in [1.165, 1.54) is 12.8 Å². The summed E-state index contributed by atoms with van der Waals surface area (Å²) in [6.45, 7) is 8.87. The Kier molecular flexibility index (Phi) is 5.22. The van der Waals surface area contributed by atoms with Crippen LogP contribution in [0.2, 0.25) is 0 Å². The molecular weight excluding hydrogens is 348 g/mol. The van der Waals surface area contributed by atoms with E-state index in [4.69, 9.17) is 9.15 Å². The first kappa shape index (κ1) is 17.3. The highest BCUT2D eigenvalue weighted by atomic mass is 79.9. The molecule has 0 bridgehead atoms. The van der Waals surface area contributed by atoms with Crippen molar-refractivity contribution in [3.63, 3.8) is 0 Å². The number of halogens is 1. The van der Waals surface area contributed by atoms with Crippen LogP contribution >= 0.6 is 15.9 Å². The minimum absolute atomic E-state index is 0.164. The number of carbonyl (C=O) groups excluding carboxylic acids is 1. The Bertz CT molecular complexity index is 520. The van der Waals surface area contributed by atoms with E-state index in [1.807, 2.05) is 26.8 Å². The maximum absolute atomic E-state index is 11.8. The van der Waals surface area contributed by atoms with Gasteiger partial charge in [-0.05, 0) is 68.5 Å². The van der Waals surface area contributed by atoms with Gasteiger partial charge in [-0.3, -0.25) is 0 Å². The quantitative estimate of drug-likeness (QED) is 0.796. The van der Waals surface area contributed by atoms with Gasteiger partial charge in [-0.25, -0.2) is 4.79 Å². The van der Waals surface area contributed by atoms with Crippen LogP contribution in [-0.4, -0.2) is 23.8 Å². The molecule has 2 rings (SSSR count). The zero-order valence-electron chi connectivity index (χ0n) is 13.7. The second-order valence-corrected chi connectivity index (χ2v) is 7.95. The molecular formula is C16H25BrN2O3. The van der Waals surface area contributed by atoms with E-state index in [9.17, 15) is 4.79 Å². The van der Waals surface area contributed by atoms with Crippen molar-refractivity contribution in [2.24, 2.45) is 5.92 Å². The van der Waals surface area contributed by atoms with E-state index in [2.05, 4.69) is 33.5 Å². The number of hydrogen-bond donors (Lipinski definition) is 2. The zero-order chi connectivity index (χ0) is 16.4. The molecule has 1 saturated carbocycles. The molecule has 6 heteroatoms. The van der Waals surface area contributed by atoms with Gasteiger partial charge in [0.1, 0.15) is 11.4 Å². The smallest absolute Gasteiger partial charge is 0.407 e. The van der Waals surface area contributed by atoms with Gasteiger partial charge in [0.15, 0.2) is 0 Å². The minimum atomic E-state index is -0.480. The summed E-state index contributed by atoms with van der Waals surface area (Å²) in [4.78, 5) is 11.8. The first-order valence-electron chi connectivity index (χ1n) is 7.63. The fourth-order valence-electron chi connectivity index (χ4n) is 2.38. The molecule has 0 aliphatic heterocycles. The predicted octanol–water partition coefficient (Wildman–Crippen LogP) is 3.83. The average molecular weight is 373 g/mol. The van der Waals surface area contributed by atoms with Gasteiger partial charge < -0.3 is 19.8 Å². The summed E-state index contributed by atoms with van der Waals surface area (Å²) in [5, 5.41) is 6.41. The number of hydrogen-bond acceptors (Lipinski definition) is 4. The number of amides is 1. The number of rotatable bonds is 6. The van der Waals surface area contributed by atoms with E-state index in [0.717, 1.165) is 10.2 Å². The van der Waals surface area contributed by atoms with Crippen LogP contribution in [0.1, 0.15) is 46.3 Å².